The van der Waals surface area contributed by atoms with Crippen molar-refractivity contribution < 1.29 is 5.11 Å². The average Bonchev–Trinajstić information content (AvgIpc) is 2.83. The molecule has 0 saturated carbocycles. The summed E-state index contributed by atoms with van der Waals surface area (Å²) in [5, 5.41) is 12.5. The highest BCUT2D eigenvalue weighted by Gasteiger charge is 2.16. The first-order valence-electron chi connectivity index (χ1n) is 7.21. The zero-order chi connectivity index (χ0) is 14.7. The fraction of sp³-hybridized carbons (Fsp3) is 0.571. The van der Waals surface area contributed by atoms with Gasteiger partial charge >= 0.3 is 0 Å². The molecule has 0 unspecified atom stereocenters. The number of β-amino-alcohol motifs (C(OH)–C–C–N with tert-alkyl or cyclic N) is 1. The number of aliphatic hydroxyl groups excluding tert-OH is 1. The van der Waals surface area contributed by atoms with Crippen LogP contribution < -0.4 is 0 Å². The van der Waals surface area contributed by atoms with Gasteiger partial charge in [0.05, 0.1) is 13.2 Å². The molecule has 1 aliphatic rings. The summed E-state index contributed by atoms with van der Waals surface area (Å²) in [5.41, 5.74) is 0. The first kappa shape index (κ1) is 15.1. The molecule has 1 N–H and O–H groups in total. The molecule has 0 bridgehead atoms. The summed E-state index contributed by atoms with van der Waals surface area (Å²) in [6.07, 6.45) is 1.11. The van der Waals surface area contributed by atoms with Gasteiger partial charge in [-0.2, -0.15) is 0 Å². The fourth-order valence-corrected chi connectivity index (χ4v) is 3.77. The van der Waals surface area contributed by atoms with Gasteiger partial charge in [0, 0.05) is 25.0 Å². The summed E-state index contributed by atoms with van der Waals surface area (Å²) in [4.78, 5) is 14.6. The molecule has 0 radical (unpaired) electrons. The maximum Gasteiger partial charge on any atom is 0.145 e. The number of hydrogen-bond acceptors (Lipinski definition) is 6. The lowest BCUT2D eigenvalue weighted by molar-refractivity contribution is 0.195. The van der Waals surface area contributed by atoms with E-state index in [1.165, 1.54) is 0 Å². The van der Waals surface area contributed by atoms with Gasteiger partial charge in [0.1, 0.15) is 15.8 Å². The molecular formula is C14H19ClN4OS. The molecule has 0 aliphatic carbocycles. The van der Waals surface area contributed by atoms with Crippen LogP contribution in [0.15, 0.2) is 11.4 Å². The Bertz CT molecular complexity index is 606. The van der Waals surface area contributed by atoms with Gasteiger partial charge in [-0.05, 0) is 31.0 Å². The Morgan fingerprint density at radius 1 is 1.19 bits per heavy atom. The van der Waals surface area contributed by atoms with E-state index in [0.717, 1.165) is 61.7 Å². The van der Waals surface area contributed by atoms with Crippen molar-refractivity contribution in [1.82, 2.24) is 19.8 Å². The normalized spacial score (nSPS) is 18.2. The standard InChI is InChI=1S/C14H19ClN4OS/c15-13-11-2-9-21-14(11)17-12(16-13)10-19-4-1-3-18(5-6-19)7-8-20/h2,9,20H,1,3-8,10H2. The minimum atomic E-state index is 0.230. The minimum absolute atomic E-state index is 0.230. The SMILES string of the molecule is OCCN1CCCN(Cc2nc(Cl)c3ccsc3n2)CC1. The second-order valence-electron chi connectivity index (χ2n) is 5.27. The van der Waals surface area contributed by atoms with Crippen LogP contribution in [0.2, 0.25) is 5.15 Å². The van der Waals surface area contributed by atoms with Crippen molar-refractivity contribution in [2.24, 2.45) is 0 Å². The van der Waals surface area contributed by atoms with Crippen molar-refractivity contribution in [2.45, 2.75) is 13.0 Å². The van der Waals surface area contributed by atoms with Crippen molar-refractivity contribution in [3.8, 4) is 0 Å². The number of aliphatic hydroxyl groups is 1. The minimum Gasteiger partial charge on any atom is -0.395 e. The molecule has 1 saturated heterocycles. The first-order chi connectivity index (χ1) is 10.3. The number of halogens is 1. The van der Waals surface area contributed by atoms with Crippen molar-refractivity contribution in [1.29, 1.82) is 0 Å². The van der Waals surface area contributed by atoms with E-state index in [9.17, 15) is 0 Å². The highest BCUT2D eigenvalue weighted by Crippen LogP contribution is 2.25. The molecule has 0 amide bonds. The van der Waals surface area contributed by atoms with E-state index < -0.39 is 0 Å². The van der Waals surface area contributed by atoms with Gasteiger partial charge < -0.3 is 5.11 Å². The van der Waals surface area contributed by atoms with Crippen LogP contribution in [0.4, 0.5) is 0 Å². The number of aromatic nitrogens is 2. The lowest BCUT2D eigenvalue weighted by Gasteiger charge is -2.20. The predicted molar refractivity (Wildman–Crippen MR) is 85.8 cm³/mol. The van der Waals surface area contributed by atoms with Crippen LogP contribution in [0.1, 0.15) is 12.2 Å². The molecule has 0 aromatic carbocycles. The summed E-state index contributed by atoms with van der Waals surface area (Å²) in [6, 6.07) is 1.96. The maximum absolute atomic E-state index is 9.03. The summed E-state index contributed by atoms with van der Waals surface area (Å²) in [7, 11) is 0. The van der Waals surface area contributed by atoms with Crippen molar-refractivity contribution in [3.63, 3.8) is 0 Å². The Balaban J connectivity index is 1.67. The lowest BCUT2D eigenvalue weighted by Crippen LogP contribution is -2.32. The molecule has 1 fully saturated rings. The zero-order valence-corrected chi connectivity index (χ0v) is 13.4. The van der Waals surface area contributed by atoms with Crippen molar-refractivity contribution in [3.05, 3.63) is 22.4 Å². The molecule has 3 rings (SSSR count). The van der Waals surface area contributed by atoms with Crippen LogP contribution in [-0.2, 0) is 6.54 Å². The third-order valence-electron chi connectivity index (χ3n) is 3.79. The largest absolute Gasteiger partial charge is 0.395 e. The second kappa shape index (κ2) is 6.98. The van der Waals surface area contributed by atoms with E-state index in [1.54, 1.807) is 11.3 Å². The second-order valence-corrected chi connectivity index (χ2v) is 6.52. The van der Waals surface area contributed by atoms with Crippen LogP contribution in [0.3, 0.4) is 0 Å². The van der Waals surface area contributed by atoms with E-state index in [-0.39, 0.29) is 6.61 Å². The number of fused-ring (bicyclic) bond motifs is 1. The Hall–Kier alpha value is -0.790. The lowest BCUT2D eigenvalue weighted by atomic mass is 10.3. The average molecular weight is 327 g/mol. The third kappa shape index (κ3) is 3.70. The highest BCUT2D eigenvalue weighted by atomic mass is 35.5. The summed E-state index contributed by atoms with van der Waals surface area (Å²) < 4.78 is 0. The number of thiophene rings is 1. The van der Waals surface area contributed by atoms with E-state index in [2.05, 4.69) is 19.8 Å². The van der Waals surface area contributed by atoms with Gasteiger partial charge in [-0.25, -0.2) is 9.97 Å². The van der Waals surface area contributed by atoms with Crippen molar-refractivity contribution >= 4 is 33.2 Å². The van der Waals surface area contributed by atoms with Gasteiger partial charge in [0.25, 0.3) is 0 Å². The predicted octanol–water partition coefficient (Wildman–Crippen LogP) is 1.84. The first-order valence-corrected chi connectivity index (χ1v) is 8.47. The quantitative estimate of drug-likeness (QED) is 0.869. The Labute approximate surface area is 133 Å². The molecule has 21 heavy (non-hydrogen) atoms. The van der Waals surface area contributed by atoms with Gasteiger partial charge in [-0.1, -0.05) is 11.6 Å². The number of rotatable bonds is 4. The molecule has 2 aromatic heterocycles. The zero-order valence-electron chi connectivity index (χ0n) is 11.8. The molecular weight excluding hydrogens is 308 g/mol. The van der Waals surface area contributed by atoms with Crippen LogP contribution in [-0.4, -0.2) is 64.2 Å². The van der Waals surface area contributed by atoms with Gasteiger partial charge in [-0.15, -0.1) is 11.3 Å². The molecule has 5 nitrogen and oxygen atoms in total. The summed E-state index contributed by atoms with van der Waals surface area (Å²) in [5.74, 6) is 0.797. The monoisotopic (exact) mass is 326 g/mol. The van der Waals surface area contributed by atoms with Crippen LogP contribution in [0.25, 0.3) is 10.2 Å². The van der Waals surface area contributed by atoms with E-state index in [4.69, 9.17) is 16.7 Å². The summed E-state index contributed by atoms with van der Waals surface area (Å²) >= 11 is 7.82. The van der Waals surface area contributed by atoms with Crippen LogP contribution in [0, 0.1) is 0 Å². The molecule has 3 heterocycles. The maximum atomic E-state index is 9.03. The van der Waals surface area contributed by atoms with Crippen molar-refractivity contribution in [2.75, 3.05) is 39.3 Å². The molecule has 7 heteroatoms. The highest BCUT2D eigenvalue weighted by molar-refractivity contribution is 7.16. The Morgan fingerprint density at radius 3 is 2.86 bits per heavy atom. The molecule has 0 spiro atoms. The van der Waals surface area contributed by atoms with E-state index >= 15 is 0 Å². The topological polar surface area (TPSA) is 52.5 Å². The van der Waals surface area contributed by atoms with Crippen LogP contribution >= 0.6 is 22.9 Å². The fourth-order valence-electron chi connectivity index (χ4n) is 2.68. The van der Waals surface area contributed by atoms with E-state index in [1.807, 2.05) is 11.4 Å². The summed E-state index contributed by atoms with van der Waals surface area (Å²) in [6.45, 7) is 5.76. The van der Waals surface area contributed by atoms with Gasteiger partial charge in [0.2, 0.25) is 0 Å². The Kier molecular flexibility index (Phi) is 5.03. The molecule has 2 aromatic rings. The smallest absolute Gasteiger partial charge is 0.145 e. The van der Waals surface area contributed by atoms with Gasteiger partial charge in [0.15, 0.2) is 0 Å². The molecule has 114 valence electrons. The Morgan fingerprint density at radius 2 is 2.00 bits per heavy atom. The van der Waals surface area contributed by atoms with E-state index in [0.29, 0.717) is 5.15 Å². The third-order valence-corrected chi connectivity index (χ3v) is 4.88. The number of hydrogen-bond donors (Lipinski definition) is 1. The van der Waals surface area contributed by atoms with Crippen LogP contribution in [0.5, 0.6) is 0 Å². The van der Waals surface area contributed by atoms with Gasteiger partial charge in [-0.3, -0.25) is 9.80 Å². The molecule has 0 atom stereocenters. The number of nitrogens with zero attached hydrogens (tertiary/aromatic N) is 4. The molecule has 1 aliphatic heterocycles.